The highest BCUT2D eigenvalue weighted by Crippen LogP contribution is 2.25. The van der Waals surface area contributed by atoms with Crippen LogP contribution in [0.1, 0.15) is 12.5 Å². The zero-order chi connectivity index (χ0) is 9.26. The lowest BCUT2D eigenvalue weighted by molar-refractivity contribution is -0.121. The lowest BCUT2D eigenvalue weighted by Gasteiger charge is -2.05. The normalized spacial score (nSPS) is 21.2. The van der Waals surface area contributed by atoms with Crippen molar-refractivity contribution in [3.05, 3.63) is 42.1 Å². The highest BCUT2D eigenvalue weighted by molar-refractivity contribution is 5.97. The SMILES string of the molecule is C[C@H]1C(=O)NC=C1c1ccccc1. The summed E-state index contributed by atoms with van der Waals surface area (Å²) in [6.07, 6.45) is 1.79. The van der Waals surface area contributed by atoms with Gasteiger partial charge in [-0.1, -0.05) is 30.3 Å². The van der Waals surface area contributed by atoms with E-state index in [1.165, 1.54) is 0 Å². The third-order valence-electron chi connectivity index (χ3n) is 2.34. The lowest BCUT2D eigenvalue weighted by atomic mass is 9.97. The Kier molecular flexibility index (Phi) is 1.89. The second kappa shape index (κ2) is 3.05. The van der Waals surface area contributed by atoms with Crippen LogP contribution in [-0.2, 0) is 4.79 Å². The lowest BCUT2D eigenvalue weighted by Crippen LogP contribution is -2.16. The van der Waals surface area contributed by atoms with Crippen LogP contribution in [0.2, 0.25) is 0 Å². The van der Waals surface area contributed by atoms with Crippen molar-refractivity contribution in [2.75, 3.05) is 0 Å². The molecule has 2 heteroatoms. The Labute approximate surface area is 77.3 Å². The standard InChI is InChI=1S/C11H11NO/c1-8-10(7-12-11(8)13)9-5-3-2-4-6-9/h2-8H,1H3,(H,12,13)/t8-/m1/s1. The molecule has 0 fully saturated rings. The molecule has 0 spiro atoms. The topological polar surface area (TPSA) is 29.1 Å². The van der Waals surface area contributed by atoms with Crippen molar-refractivity contribution >= 4 is 11.5 Å². The van der Waals surface area contributed by atoms with E-state index in [2.05, 4.69) is 5.32 Å². The summed E-state index contributed by atoms with van der Waals surface area (Å²) in [5, 5.41) is 2.72. The van der Waals surface area contributed by atoms with Crippen LogP contribution >= 0.6 is 0 Å². The molecule has 0 aliphatic carbocycles. The van der Waals surface area contributed by atoms with Crippen molar-refractivity contribution in [1.29, 1.82) is 0 Å². The molecule has 13 heavy (non-hydrogen) atoms. The minimum atomic E-state index is -0.0256. The number of hydrogen-bond acceptors (Lipinski definition) is 1. The maximum absolute atomic E-state index is 11.2. The second-order valence-corrected chi connectivity index (χ2v) is 3.20. The van der Waals surface area contributed by atoms with Gasteiger partial charge >= 0.3 is 0 Å². The van der Waals surface area contributed by atoms with Crippen LogP contribution in [0.4, 0.5) is 0 Å². The third kappa shape index (κ3) is 1.35. The predicted octanol–water partition coefficient (Wildman–Crippen LogP) is 1.79. The second-order valence-electron chi connectivity index (χ2n) is 3.20. The Morgan fingerprint density at radius 2 is 1.92 bits per heavy atom. The van der Waals surface area contributed by atoms with Gasteiger partial charge < -0.3 is 5.32 Å². The zero-order valence-corrected chi connectivity index (χ0v) is 7.45. The van der Waals surface area contributed by atoms with Crippen molar-refractivity contribution < 1.29 is 4.79 Å². The Morgan fingerprint density at radius 1 is 1.23 bits per heavy atom. The smallest absolute Gasteiger partial charge is 0.231 e. The fourth-order valence-electron chi connectivity index (χ4n) is 1.50. The molecule has 0 radical (unpaired) electrons. The Hall–Kier alpha value is -1.57. The van der Waals surface area contributed by atoms with Crippen molar-refractivity contribution in [2.45, 2.75) is 6.92 Å². The van der Waals surface area contributed by atoms with Gasteiger partial charge in [0, 0.05) is 6.20 Å². The van der Waals surface area contributed by atoms with Crippen LogP contribution in [0, 0.1) is 5.92 Å². The molecular weight excluding hydrogens is 162 g/mol. The number of nitrogens with one attached hydrogen (secondary N) is 1. The fourth-order valence-corrected chi connectivity index (χ4v) is 1.50. The number of carbonyl (C=O) groups excluding carboxylic acids is 1. The molecule has 0 aromatic heterocycles. The predicted molar refractivity (Wildman–Crippen MR) is 51.7 cm³/mol. The first-order valence-electron chi connectivity index (χ1n) is 4.35. The molecule has 2 rings (SSSR count). The van der Waals surface area contributed by atoms with Crippen molar-refractivity contribution in [1.82, 2.24) is 5.32 Å². The molecule has 2 nitrogen and oxygen atoms in total. The van der Waals surface area contributed by atoms with Gasteiger partial charge in [0.2, 0.25) is 5.91 Å². The molecule has 1 amide bonds. The molecule has 0 unspecified atom stereocenters. The molecule has 0 bridgehead atoms. The molecule has 1 aromatic carbocycles. The van der Waals surface area contributed by atoms with Crippen LogP contribution in [-0.4, -0.2) is 5.91 Å². The number of benzene rings is 1. The largest absolute Gasteiger partial charge is 0.332 e. The molecule has 1 atom stereocenters. The minimum Gasteiger partial charge on any atom is -0.332 e. The Balaban J connectivity index is 2.34. The monoisotopic (exact) mass is 173 g/mol. The molecule has 1 aromatic rings. The van der Waals surface area contributed by atoms with Crippen LogP contribution < -0.4 is 5.32 Å². The number of rotatable bonds is 1. The number of hydrogen-bond donors (Lipinski definition) is 1. The van der Waals surface area contributed by atoms with Crippen molar-refractivity contribution in [2.24, 2.45) is 5.92 Å². The zero-order valence-electron chi connectivity index (χ0n) is 7.45. The molecular formula is C11H11NO. The van der Waals surface area contributed by atoms with E-state index in [1.807, 2.05) is 37.3 Å². The van der Waals surface area contributed by atoms with Gasteiger partial charge in [-0.2, -0.15) is 0 Å². The van der Waals surface area contributed by atoms with E-state index in [-0.39, 0.29) is 11.8 Å². The summed E-state index contributed by atoms with van der Waals surface area (Å²) in [5.41, 5.74) is 2.19. The van der Waals surface area contributed by atoms with E-state index < -0.39 is 0 Å². The maximum atomic E-state index is 11.2. The van der Waals surface area contributed by atoms with E-state index in [9.17, 15) is 4.79 Å². The molecule has 0 saturated heterocycles. The summed E-state index contributed by atoms with van der Waals surface area (Å²) < 4.78 is 0. The minimum absolute atomic E-state index is 0.0256. The molecule has 1 aliphatic heterocycles. The molecule has 1 heterocycles. The van der Waals surface area contributed by atoms with Crippen molar-refractivity contribution in [3.8, 4) is 0 Å². The highest BCUT2D eigenvalue weighted by atomic mass is 16.2. The van der Waals surface area contributed by atoms with E-state index in [4.69, 9.17) is 0 Å². The van der Waals surface area contributed by atoms with Gasteiger partial charge in [0.25, 0.3) is 0 Å². The van der Waals surface area contributed by atoms with Gasteiger partial charge in [0.15, 0.2) is 0 Å². The summed E-state index contributed by atoms with van der Waals surface area (Å²) in [5.74, 6) is 0.0567. The van der Waals surface area contributed by atoms with Crippen LogP contribution in [0.3, 0.4) is 0 Å². The first-order valence-corrected chi connectivity index (χ1v) is 4.35. The summed E-state index contributed by atoms with van der Waals surface area (Å²) in [6.45, 7) is 1.92. The number of carbonyl (C=O) groups is 1. The summed E-state index contributed by atoms with van der Waals surface area (Å²) in [6, 6.07) is 9.96. The van der Waals surface area contributed by atoms with Crippen LogP contribution in [0.5, 0.6) is 0 Å². The number of amides is 1. The van der Waals surface area contributed by atoms with Gasteiger partial charge in [-0.05, 0) is 18.1 Å². The van der Waals surface area contributed by atoms with Crippen LogP contribution in [0.15, 0.2) is 36.5 Å². The summed E-state index contributed by atoms with van der Waals surface area (Å²) in [4.78, 5) is 11.2. The average molecular weight is 173 g/mol. The van der Waals surface area contributed by atoms with Gasteiger partial charge in [-0.3, -0.25) is 4.79 Å². The van der Waals surface area contributed by atoms with Crippen molar-refractivity contribution in [3.63, 3.8) is 0 Å². The van der Waals surface area contributed by atoms with E-state index >= 15 is 0 Å². The summed E-state index contributed by atoms with van der Waals surface area (Å²) >= 11 is 0. The maximum Gasteiger partial charge on any atom is 0.231 e. The van der Waals surface area contributed by atoms with E-state index in [1.54, 1.807) is 6.20 Å². The van der Waals surface area contributed by atoms with Gasteiger partial charge in [0.1, 0.15) is 0 Å². The first kappa shape index (κ1) is 8.05. The van der Waals surface area contributed by atoms with Gasteiger partial charge in [-0.25, -0.2) is 0 Å². The molecule has 1 N–H and O–H groups in total. The highest BCUT2D eigenvalue weighted by Gasteiger charge is 2.23. The van der Waals surface area contributed by atoms with Gasteiger partial charge in [-0.15, -0.1) is 0 Å². The van der Waals surface area contributed by atoms with E-state index in [0.29, 0.717) is 0 Å². The Morgan fingerprint density at radius 3 is 2.46 bits per heavy atom. The fraction of sp³-hybridized carbons (Fsp3) is 0.182. The first-order chi connectivity index (χ1) is 6.29. The quantitative estimate of drug-likeness (QED) is 0.689. The van der Waals surface area contributed by atoms with Crippen LogP contribution in [0.25, 0.3) is 5.57 Å². The molecule has 0 saturated carbocycles. The Bertz CT molecular complexity index is 354. The average Bonchev–Trinajstić information content (AvgIpc) is 2.49. The van der Waals surface area contributed by atoms with Gasteiger partial charge in [0.05, 0.1) is 5.92 Å². The third-order valence-corrected chi connectivity index (χ3v) is 2.34. The molecule has 66 valence electrons. The summed E-state index contributed by atoms with van der Waals surface area (Å²) in [7, 11) is 0. The molecule has 1 aliphatic rings. The van der Waals surface area contributed by atoms with E-state index in [0.717, 1.165) is 11.1 Å².